The normalized spacial score (nSPS) is 23.7. The molecule has 3 fully saturated rings. The van der Waals surface area contributed by atoms with Gasteiger partial charge in [0.05, 0.1) is 35.3 Å². The smallest absolute Gasteiger partial charge is 0.338 e. The molecule has 3 amide bonds. The largest absolute Gasteiger partial charge is 0.462 e. The first-order chi connectivity index (χ1) is 20.9. The van der Waals surface area contributed by atoms with Gasteiger partial charge in [-0.25, -0.2) is 9.59 Å². The van der Waals surface area contributed by atoms with Crippen LogP contribution < -0.4 is 10.2 Å². The Kier molecular flexibility index (Phi) is 7.80. The molecule has 220 valence electrons. The van der Waals surface area contributed by atoms with Crippen molar-refractivity contribution in [2.24, 2.45) is 23.7 Å². The Morgan fingerprint density at radius 1 is 0.791 bits per heavy atom. The van der Waals surface area contributed by atoms with Crippen molar-refractivity contribution < 1.29 is 33.4 Å². The Balaban J connectivity index is 1.04. The summed E-state index contributed by atoms with van der Waals surface area (Å²) in [5, 5.41) is 2.61. The van der Waals surface area contributed by atoms with Gasteiger partial charge < -0.3 is 14.8 Å². The fraction of sp³-hybridized carbons (Fsp3) is 0.324. The second kappa shape index (κ2) is 11.8. The number of ether oxygens (including phenoxy) is 2. The van der Waals surface area contributed by atoms with Crippen molar-refractivity contribution in [3.05, 3.63) is 95.6 Å². The molecule has 1 N–H and O–H groups in total. The summed E-state index contributed by atoms with van der Waals surface area (Å²) in [6.07, 6.45) is 2.54. The third kappa shape index (κ3) is 5.43. The van der Waals surface area contributed by atoms with Gasteiger partial charge in [0, 0.05) is 5.69 Å². The SMILES string of the molecule is CCCOC(=O)c1ccc(NC(=O)COC(=O)c2ccc(N3C(=O)[C@@H]4[C@@H]5C[C@@H]([C@H]4C3=O)[C@@H](c3ccccc3)C5)cc2)cc1. The molecule has 1 aliphatic heterocycles. The molecule has 2 saturated carbocycles. The molecular formula is C34H32N2O7. The van der Waals surface area contributed by atoms with Crippen molar-refractivity contribution in [1.29, 1.82) is 0 Å². The second-order valence-corrected chi connectivity index (χ2v) is 11.4. The molecule has 3 aromatic carbocycles. The fourth-order valence-electron chi connectivity index (χ4n) is 6.92. The summed E-state index contributed by atoms with van der Waals surface area (Å²) in [4.78, 5) is 65.1. The van der Waals surface area contributed by atoms with Gasteiger partial charge in [0.2, 0.25) is 11.8 Å². The first-order valence-electron chi connectivity index (χ1n) is 14.6. The van der Waals surface area contributed by atoms with Gasteiger partial charge in [0.15, 0.2) is 6.61 Å². The maximum absolute atomic E-state index is 13.6. The average Bonchev–Trinajstić information content (AvgIpc) is 3.70. The van der Waals surface area contributed by atoms with Crippen LogP contribution in [0.15, 0.2) is 78.9 Å². The lowest BCUT2D eigenvalue weighted by atomic mass is 9.73. The van der Waals surface area contributed by atoms with Gasteiger partial charge in [-0.3, -0.25) is 19.3 Å². The first kappa shape index (κ1) is 28.3. The molecule has 6 rings (SSSR count). The van der Waals surface area contributed by atoms with E-state index >= 15 is 0 Å². The molecule has 3 aliphatic rings. The molecule has 2 aliphatic carbocycles. The quantitative estimate of drug-likeness (QED) is 0.280. The van der Waals surface area contributed by atoms with Crippen LogP contribution in [0.2, 0.25) is 0 Å². The number of amides is 3. The number of benzene rings is 3. The minimum absolute atomic E-state index is 0.152. The Hall–Kier alpha value is -4.79. The predicted octanol–water partition coefficient (Wildman–Crippen LogP) is 4.98. The highest BCUT2D eigenvalue weighted by Crippen LogP contribution is 2.61. The Bertz CT molecular complexity index is 1550. The van der Waals surface area contributed by atoms with E-state index in [0.717, 1.165) is 19.3 Å². The van der Waals surface area contributed by atoms with Crippen molar-refractivity contribution >= 4 is 41.0 Å². The van der Waals surface area contributed by atoms with Gasteiger partial charge in [0.1, 0.15) is 0 Å². The summed E-state index contributed by atoms with van der Waals surface area (Å²) in [6, 6.07) is 22.5. The van der Waals surface area contributed by atoms with Gasteiger partial charge >= 0.3 is 11.9 Å². The Morgan fingerprint density at radius 2 is 1.42 bits per heavy atom. The summed E-state index contributed by atoms with van der Waals surface area (Å²) < 4.78 is 10.2. The highest BCUT2D eigenvalue weighted by molar-refractivity contribution is 6.22. The van der Waals surface area contributed by atoms with Crippen LogP contribution >= 0.6 is 0 Å². The zero-order valence-corrected chi connectivity index (χ0v) is 23.7. The van der Waals surface area contributed by atoms with Crippen LogP contribution in [-0.4, -0.2) is 42.9 Å². The Labute approximate surface area is 249 Å². The maximum atomic E-state index is 13.6. The molecule has 9 heteroatoms. The zero-order chi connectivity index (χ0) is 30.1. The van der Waals surface area contributed by atoms with Crippen LogP contribution in [0, 0.1) is 23.7 Å². The highest BCUT2D eigenvalue weighted by atomic mass is 16.5. The van der Waals surface area contributed by atoms with E-state index in [-0.39, 0.29) is 47.0 Å². The van der Waals surface area contributed by atoms with E-state index in [1.54, 1.807) is 24.3 Å². The molecule has 43 heavy (non-hydrogen) atoms. The minimum atomic E-state index is -0.713. The number of fused-ring (bicyclic) bond motifs is 5. The molecule has 1 heterocycles. The standard InChI is InChI=1S/C34H32N2O7/c1-2-16-42-33(40)21-8-12-24(13-9-21)35-28(37)19-43-34(41)22-10-14-25(15-11-22)36-31(38)29-23-17-26(20-6-4-3-5-7-20)27(18-23)30(29)32(36)39/h3-15,23,26-27,29-30H,2,16-19H2,1H3,(H,35,37)/t23-,26+,27+,29+,30+/m0/s1. The van der Waals surface area contributed by atoms with E-state index < -0.39 is 24.5 Å². The van der Waals surface area contributed by atoms with Crippen LogP contribution in [0.3, 0.4) is 0 Å². The molecule has 1 saturated heterocycles. The molecule has 3 aromatic rings. The van der Waals surface area contributed by atoms with Crippen LogP contribution in [0.1, 0.15) is 58.4 Å². The number of anilines is 2. The van der Waals surface area contributed by atoms with E-state index in [4.69, 9.17) is 9.47 Å². The minimum Gasteiger partial charge on any atom is -0.462 e. The summed E-state index contributed by atoms with van der Waals surface area (Å²) in [6.45, 7) is 1.72. The van der Waals surface area contributed by atoms with Crippen LogP contribution in [0.5, 0.6) is 0 Å². The van der Waals surface area contributed by atoms with Gasteiger partial charge in [-0.1, -0.05) is 37.3 Å². The van der Waals surface area contributed by atoms with E-state index in [2.05, 4.69) is 17.4 Å². The molecule has 2 bridgehead atoms. The number of hydrogen-bond acceptors (Lipinski definition) is 7. The number of imide groups is 1. The molecule has 0 unspecified atom stereocenters. The van der Waals surface area contributed by atoms with Crippen molar-refractivity contribution in [2.45, 2.75) is 32.1 Å². The van der Waals surface area contributed by atoms with Gasteiger partial charge in [-0.15, -0.1) is 0 Å². The fourth-order valence-corrected chi connectivity index (χ4v) is 6.92. The monoisotopic (exact) mass is 580 g/mol. The van der Waals surface area contributed by atoms with Crippen molar-refractivity contribution in [3.8, 4) is 0 Å². The number of nitrogens with one attached hydrogen (secondary N) is 1. The summed E-state index contributed by atoms with van der Waals surface area (Å²) in [5.41, 5.74) is 2.65. The third-order valence-corrected chi connectivity index (χ3v) is 8.78. The number of carbonyl (C=O) groups excluding carboxylic acids is 5. The van der Waals surface area contributed by atoms with Crippen LogP contribution in [0.4, 0.5) is 11.4 Å². The maximum Gasteiger partial charge on any atom is 0.338 e. The molecule has 0 aromatic heterocycles. The number of nitrogens with zero attached hydrogens (tertiary/aromatic N) is 1. The molecular weight excluding hydrogens is 548 g/mol. The molecule has 5 atom stereocenters. The molecule has 0 spiro atoms. The molecule has 0 radical (unpaired) electrons. The van der Waals surface area contributed by atoms with Gasteiger partial charge in [-0.2, -0.15) is 0 Å². The van der Waals surface area contributed by atoms with E-state index in [1.807, 2.05) is 25.1 Å². The summed E-state index contributed by atoms with van der Waals surface area (Å²) in [7, 11) is 0. The van der Waals surface area contributed by atoms with Crippen molar-refractivity contribution in [3.63, 3.8) is 0 Å². The third-order valence-electron chi connectivity index (χ3n) is 8.78. The van der Waals surface area contributed by atoms with Crippen LogP contribution in [0.25, 0.3) is 0 Å². The average molecular weight is 581 g/mol. The lowest BCUT2D eigenvalue weighted by Gasteiger charge is -2.28. The lowest BCUT2D eigenvalue weighted by molar-refractivity contribution is -0.123. The number of rotatable bonds is 9. The number of esters is 2. The van der Waals surface area contributed by atoms with Crippen molar-refractivity contribution in [2.75, 3.05) is 23.4 Å². The highest BCUT2D eigenvalue weighted by Gasteiger charge is 2.64. The second-order valence-electron chi connectivity index (χ2n) is 11.4. The lowest BCUT2D eigenvalue weighted by Crippen LogP contribution is -2.33. The zero-order valence-electron chi connectivity index (χ0n) is 23.7. The van der Waals surface area contributed by atoms with E-state index in [9.17, 15) is 24.0 Å². The summed E-state index contributed by atoms with van der Waals surface area (Å²) >= 11 is 0. The van der Waals surface area contributed by atoms with Gasteiger partial charge in [-0.05, 0) is 91.1 Å². The van der Waals surface area contributed by atoms with Crippen molar-refractivity contribution in [1.82, 2.24) is 0 Å². The number of hydrogen-bond donors (Lipinski definition) is 1. The van der Waals surface area contributed by atoms with E-state index in [0.29, 0.717) is 23.5 Å². The van der Waals surface area contributed by atoms with E-state index in [1.165, 1.54) is 34.7 Å². The summed E-state index contributed by atoms with van der Waals surface area (Å²) in [5.74, 6) is -1.99. The first-order valence-corrected chi connectivity index (χ1v) is 14.6. The number of carbonyl (C=O) groups is 5. The van der Waals surface area contributed by atoms with Gasteiger partial charge in [0.25, 0.3) is 5.91 Å². The molecule has 9 nitrogen and oxygen atoms in total. The predicted molar refractivity (Wildman–Crippen MR) is 157 cm³/mol. The topological polar surface area (TPSA) is 119 Å². The Morgan fingerprint density at radius 3 is 2.09 bits per heavy atom. The van der Waals surface area contributed by atoms with Crippen LogP contribution in [-0.2, 0) is 23.9 Å².